The van der Waals surface area contributed by atoms with Crippen LogP contribution in [0.25, 0.3) is 0 Å². The minimum atomic E-state index is 0. The van der Waals surface area contributed by atoms with Crippen LogP contribution in [-0.2, 0) is 0 Å². The fourth-order valence-electron chi connectivity index (χ4n) is 1.07. The van der Waals surface area contributed by atoms with E-state index >= 15 is 0 Å². The van der Waals surface area contributed by atoms with E-state index in [2.05, 4.69) is 22.6 Å². The molecule has 0 radical (unpaired) electrons. The smallest absolute Gasteiger partial charge is 0.211 e. The van der Waals surface area contributed by atoms with Crippen molar-refractivity contribution in [1.29, 1.82) is 0 Å². The molecule has 1 heterocycles. The van der Waals surface area contributed by atoms with Crippen molar-refractivity contribution >= 4 is 28.3 Å². The Hall–Kier alpha value is 0.930. The summed E-state index contributed by atoms with van der Waals surface area (Å²) in [6.07, 6.45) is 2.18. The normalized spacial score (nSPS) is 24.8. The predicted molar refractivity (Wildman–Crippen MR) is 44.6 cm³/mol. The Morgan fingerprint density at radius 1 is 1.80 bits per heavy atom. The summed E-state index contributed by atoms with van der Waals surface area (Å²) in [5.41, 5.74) is 1.11. The monoisotopic (exact) mass is 367 g/mol. The first-order valence-corrected chi connectivity index (χ1v) is 4.64. The molecule has 0 amide bonds. The molecule has 0 bridgehead atoms. The average molecular weight is 367 g/mol. The molecule has 1 rings (SSSR count). The van der Waals surface area contributed by atoms with Crippen molar-refractivity contribution in [3.8, 4) is 0 Å². The van der Waals surface area contributed by atoms with Crippen molar-refractivity contribution in [1.82, 2.24) is 0 Å². The Morgan fingerprint density at radius 3 is 2.60 bits per heavy atom. The fourth-order valence-corrected chi connectivity index (χ4v) is 1.88. The van der Waals surface area contributed by atoms with Gasteiger partial charge in [-0.15, -0.1) is 0 Å². The molecular weight excluding hydrogens is 356 g/mol. The van der Waals surface area contributed by atoms with Gasteiger partial charge in [-0.05, 0) is 4.74 Å². The molecule has 0 saturated heterocycles. The minimum Gasteiger partial charge on any atom is -1.00 e. The Morgan fingerprint density at radius 2 is 2.40 bits per heavy atom. The third-order valence-electron chi connectivity index (χ3n) is 1.75. The molecule has 0 saturated carbocycles. The lowest BCUT2D eigenvalue weighted by atomic mass is 10.2. The van der Waals surface area contributed by atoms with Gasteiger partial charge in [-0.2, -0.15) is 0 Å². The SMILES string of the molecule is CC1=[N+](O)C(CI)CC1.[I-]. The molecule has 2 nitrogen and oxygen atoms in total. The van der Waals surface area contributed by atoms with Gasteiger partial charge < -0.3 is 24.0 Å². The highest BCUT2D eigenvalue weighted by Gasteiger charge is 2.29. The first kappa shape index (κ1) is 10.9. The van der Waals surface area contributed by atoms with E-state index in [1.165, 1.54) is 4.74 Å². The van der Waals surface area contributed by atoms with Crippen molar-refractivity contribution in [2.75, 3.05) is 4.43 Å². The highest BCUT2D eigenvalue weighted by Crippen LogP contribution is 2.12. The molecular formula is C6H11I2NO. The van der Waals surface area contributed by atoms with E-state index in [4.69, 9.17) is 0 Å². The molecule has 0 aliphatic carbocycles. The Balaban J connectivity index is 0.000000810. The fraction of sp³-hybridized carbons (Fsp3) is 0.833. The molecule has 10 heavy (non-hydrogen) atoms. The van der Waals surface area contributed by atoms with Crippen LogP contribution in [-0.4, -0.2) is 26.1 Å². The van der Waals surface area contributed by atoms with E-state index < -0.39 is 0 Å². The lowest BCUT2D eigenvalue weighted by molar-refractivity contribution is -0.791. The zero-order valence-corrected chi connectivity index (χ0v) is 10.2. The van der Waals surface area contributed by atoms with Crippen LogP contribution in [0.5, 0.6) is 0 Å². The van der Waals surface area contributed by atoms with Gasteiger partial charge in [0.2, 0.25) is 11.8 Å². The molecule has 0 fully saturated rings. The van der Waals surface area contributed by atoms with Gasteiger partial charge >= 0.3 is 0 Å². The second-order valence-corrected chi connectivity index (χ2v) is 3.31. The van der Waals surface area contributed by atoms with Crippen molar-refractivity contribution < 1.29 is 33.9 Å². The van der Waals surface area contributed by atoms with E-state index in [1.54, 1.807) is 0 Å². The molecule has 0 spiro atoms. The summed E-state index contributed by atoms with van der Waals surface area (Å²) in [5.74, 6) is 0. The lowest BCUT2D eigenvalue weighted by Crippen LogP contribution is -3.00. The lowest BCUT2D eigenvalue weighted by Gasteiger charge is -1.95. The number of hydroxylamine groups is 1. The maximum atomic E-state index is 9.25. The number of hydrogen-bond acceptors (Lipinski definition) is 1. The molecule has 4 heteroatoms. The number of rotatable bonds is 1. The quantitative estimate of drug-likeness (QED) is 0.258. The summed E-state index contributed by atoms with van der Waals surface area (Å²) in [4.78, 5) is 0. The zero-order valence-electron chi connectivity index (χ0n) is 5.85. The Labute approximate surface area is 91.8 Å². The number of nitrogens with zero attached hydrogens (tertiary/aromatic N) is 1. The maximum absolute atomic E-state index is 9.25. The van der Waals surface area contributed by atoms with Crippen LogP contribution in [0, 0.1) is 0 Å². The van der Waals surface area contributed by atoms with E-state index in [0.717, 1.165) is 23.0 Å². The van der Waals surface area contributed by atoms with Crippen molar-refractivity contribution in [3.05, 3.63) is 0 Å². The third kappa shape index (κ3) is 2.21. The molecule has 1 atom stereocenters. The molecule has 1 N–H and O–H groups in total. The summed E-state index contributed by atoms with van der Waals surface area (Å²) in [6, 6.07) is 0.380. The first-order chi connectivity index (χ1) is 4.25. The van der Waals surface area contributed by atoms with Gasteiger partial charge in [0.15, 0.2) is 0 Å². The van der Waals surface area contributed by atoms with Gasteiger partial charge in [0.05, 0.1) is 4.43 Å². The molecule has 1 aliphatic heterocycles. The van der Waals surface area contributed by atoms with Gasteiger partial charge in [0, 0.05) is 19.8 Å². The number of hydrogen-bond donors (Lipinski definition) is 1. The average Bonchev–Trinajstić information content (AvgIpc) is 2.15. The number of halogens is 2. The summed E-state index contributed by atoms with van der Waals surface area (Å²) in [7, 11) is 0. The summed E-state index contributed by atoms with van der Waals surface area (Å²) >= 11 is 2.30. The van der Waals surface area contributed by atoms with Crippen LogP contribution in [0.3, 0.4) is 0 Å². The van der Waals surface area contributed by atoms with Crippen LogP contribution in [0.15, 0.2) is 0 Å². The van der Waals surface area contributed by atoms with Gasteiger partial charge in [-0.1, -0.05) is 22.6 Å². The highest BCUT2D eigenvalue weighted by molar-refractivity contribution is 14.1. The molecule has 0 aromatic carbocycles. The molecule has 0 aromatic heterocycles. The minimum absolute atomic E-state index is 0. The molecule has 1 aliphatic rings. The highest BCUT2D eigenvalue weighted by atomic mass is 127. The van der Waals surface area contributed by atoms with E-state index in [-0.39, 0.29) is 24.0 Å². The van der Waals surface area contributed by atoms with Gasteiger partial charge in [0.1, 0.15) is 0 Å². The van der Waals surface area contributed by atoms with Gasteiger partial charge in [-0.25, -0.2) is 0 Å². The van der Waals surface area contributed by atoms with Crippen molar-refractivity contribution in [3.63, 3.8) is 0 Å². The first-order valence-electron chi connectivity index (χ1n) is 3.12. The molecule has 1 unspecified atom stereocenters. The Bertz CT molecular complexity index is 147. The summed E-state index contributed by atoms with van der Waals surface area (Å²) in [6.45, 7) is 1.98. The summed E-state index contributed by atoms with van der Waals surface area (Å²) < 4.78 is 2.43. The zero-order chi connectivity index (χ0) is 6.85. The third-order valence-corrected chi connectivity index (χ3v) is 2.77. The largest absolute Gasteiger partial charge is 1.00 e. The van der Waals surface area contributed by atoms with E-state index in [0.29, 0.717) is 6.04 Å². The van der Waals surface area contributed by atoms with Crippen LogP contribution >= 0.6 is 22.6 Å². The van der Waals surface area contributed by atoms with Crippen molar-refractivity contribution in [2.45, 2.75) is 25.8 Å². The van der Waals surface area contributed by atoms with Gasteiger partial charge in [-0.3, -0.25) is 5.21 Å². The standard InChI is InChI=1S/C6H11INO.HI/c1-5-2-3-6(4-7)8(5)9;/h6,9H,2-4H2,1H3;1H/q+1;/p-1. The van der Waals surface area contributed by atoms with Crippen LogP contribution in [0.2, 0.25) is 0 Å². The van der Waals surface area contributed by atoms with E-state index in [9.17, 15) is 5.21 Å². The summed E-state index contributed by atoms with van der Waals surface area (Å²) in [5, 5.41) is 9.25. The van der Waals surface area contributed by atoms with Crippen molar-refractivity contribution in [2.24, 2.45) is 0 Å². The topological polar surface area (TPSA) is 23.2 Å². The van der Waals surface area contributed by atoms with Crippen LogP contribution in [0.4, 0.5) is 0 Å². The Kier molecular flexibility index (Phi) is 5.18. The number of alkyl halides is 1. The molecule has 60 valence electrons. The second kappa shape index (κ2) is 4.74. The molecule has 0 aromatic rings. The predicted octanol–water partition coefficient (Wildman–Crippen LogP) is -1.55. The van der Waals surface area contributed by atoms with Crippen LogP contribution in [0.1, 0.15) is 19.8 Å². The van der Waals surface area contributed by atoms with Crippen LogP contribution < -0.4 is 24.0 Å². The van der Waals surface area contributed by atoms with E-state index in [1.807, 2.05) is 6.92 Å². The maximum Gasteiger partial charge on any atom is 0.211 e. The second-order valence-electron chi connectivity index (χ2n) is 2.43. The van der Waals surface area contributed by atoms with Gasteiger partial charge in [0.25, 0.3) is 0 Å².